The first kappa shape index (κ1) is 18.0. The molecule has 1 aromatic heterocycles. The molecule has 1 unspecified atom stereocenters. The number of rotatable bonds is 3. The number of aromatic amines is 1. The number of para-hydroxylation sites is 1. The van der Waals surface area contributed by atoms with Gasteiger partial charge in [-0.05, 0) is 36.2 Å². The van der Waals surface area contributed by atoms with E-state index in [1.165, 1.54) is 12.1 Å². The predicted octanol–water partition coefficient (Wildman–Crippen LogP) is 5.67. The summed E-state index contributed by atoms with van der Waals surface area (Å²) in [5.41, 5.74) is 2.24. The Morgan fingerprint density at radius 2 is 1.96 bits per heavy atom. The third-order valence-corrected chi connectivity index (χ3v) is 6.03. The Hall–Kier alpha value is -2.41. The minimum atomic E-state index is -4.32. The molecule has 0 fully saturated rings. The summed E-state index contributed by atoms with van der Waals surface area (Å²) in [4.78, 5) is 3.33. The molecule has 0 radical (unpaired) electrons. The van der Waals surface area contributed by atoms with E-state index in [0.29, 0.717) is 12.1 Å². The number of H-pyrrole nitrogens is 1. The molecular formula is C20H18F3N3S. The number of halogens is 3. The maximum Gasteiger partial charge on any atom is 0.416 e. The van der Waals surface area contributed by atoms with Crippen molar-refractivity contribution in [1.29, 1.82) is 0 Å². The Labute approximate surface area is 159 Å². The first-order chi connectivity index (χ1) is 13.0. The van der Waals surface area contributed by atoms with Crippen LogP contribution in [0.25, 0.3) is 0 Å². The summed E-state index contributed by atoms with van der Waals surface area (Å²) in [5.74, 6) is 0. The van der Waals surface area contributed by atoms with Gasteiger partial charge in [0.1, 0.15) is 0 Å². The largest absolute Gasteiger partial charge is 0.416 e. The second-order valence-corrected chi connectivity index (χ2v) is 7.73. The van der Waals surface area contributed by atoms with Crippen molar-refractivity contribution < 1.29 is 13.2 Å². The molecule has 3 aromatic rings. The van der Waals surface area contributed by atoms with E-state index in [4.69, 9.17) is 0 Å². The number of fused-ring (bicyclic) bond motifs is 1. The van der Waals surface area contributed by atoms with Gasteiger partial charge in [-0.2, -0.15) is 18.3 Å². The highest BCUT2D eigenvalue weighted by Gasteiger charge is 2.31. The summed E-state index contributed by atoms with van der Waals surface area (Å²) < 4.78 is 39.3. The lowest BCUT2D eigenvalue weighted by atomic mass is 10.1. The minimum Gasteiger partial charge on any atom is -0.365 e. The summed E-state index contributed by atoms with van der Waals surface area (Å²) in [7, 11) is 0. The number of nitrogens with one attached hydrogen (secondary N) is 1. The third-order valence-electron chi connectivity index (χ3n) is 4.64. The maximum absolute atomic E-state index is 13.1. The highest BCUT2D eigenvalue weighted by Crippen LogP contribution is 2.46. The van der Waals surface area contributed by atoms with Gasteiger partial charge in [0.2, 0.25) is 0 Å². The highest BCUT2D eigenvalue weighted by atomic mass is 32.2. The van der Waals surface area contributed by atoms with Gasteiger partial charge in [-0.15, -0.1) is 11.8 Å². The minimum absolute atomic E-state index is 0.0276. The van der Waals surface area contributed by atoms with Crippen LogP contribution in [0.4, 0.5) is 18.9 Å². The molecular weight excluding hydrogens is 371 g/mol. The molecule has 7 heteroatoms. The quantitative estimate of drug-likeness (QED) is 0.626. The number of aromatic nitrogens is 2. The molecule has 0 saturated heterocycles. The van der Waals surface area contributed by atoms with Crippen molar-refractivity contribution in [3.63, 3.8) is 0 Å². The fraction of sp³-hybridized carbons (Fsp3) is 0.250. The molecule has 1 atom stereocenters. The summed E-state index contributed by atoms with van der Waals surface area (Å²) in [6.07, 6.45) is -1.84. The number of hydrogen-bond donors (Lipinski definition) is 1. The van der Waals surface area contributed by atoms with E-state index in [-0.39, 0.29) is 5.25 Å². The van der Waals surface area contributed by atoms with Crippen LogP contribution in [0.2, 0.25) is 0 Å². The Kier molecular flexibility index (Phi) is 4.86. The third kappa shape index (κ3) is 3.98. The molecule has 1 N–H and O–H groups in total. The molecule has 27 heavy (non-hydrogen) atoms. The molecule has 0 bridgehead atoms. The lowest BCUT2D eigenvalue weighted by Crippen LogP contribution is -2.24. The summed E-state index contributed by atoms with van der Waals surface area (Å²) in [5, 5.41) is 6.95. The van der Waals surface area contributed by atoms with Crippen LogP contribution in [0, 0.1) is 0 Å². The monoisotopic (exact) mass is 389 g/mol. The summed E-state index contributed by atoms with van der Waals surface area (Å²) in [6, 6.07) is 15.7. The molecule has 2 heterocycles. The van der Waals surface area contributed by atoms with Gasteiger partial charge in [0.15, 0.2) is 0 Å². The Bertz CT molecular complexity index is 909. The van der Waals surface area contributed by atoms with Crippen molar-refractivity contribution in [1.82, 2.24) is 10.2 Å². The number of anilines is 1. The molecule has 0 saturated carbocycles. The molecule has 140 valence electrons. The number of nitrogens with zero attached hydrogens (tertiary/aromatic N) is 2. The Morgan fingerprint density at radius 1 is 1.11 bits per heavy atom. The molecule has 1 aliphatic heterocycles. The van der Waals surface area contributed by atoms with Crippen LogP contribution in [0.5, 0.6) is 0 Å². The molecule has 0 aliphatic carbocycles. The second kappa shape index (κ2) is 7.31. The van der Waals surface area contributed by atoms with Crippen molar-refractivity contribution in [2.24, 2.45) is 0 Å². The standard InChI is InChI=1S/C20H18F3N3S/c21-20(22,23)15-5-3-4-14(12-15)18-9-11-26(13-16-8-10-24-25-16)17-6-1-2-7-19(17)27-18/h1-8,10,12,18H,9,11,13H2,(H,24,25). The molecule has 2 aromatic carbocycles. The van der Waals surface area contributed by atoms with Crippen molar-refractivity contribution >= 4 is 17.4 Å². The number of thioether (sulfide) groups is 1. The van der Waals surface area contributed by atoms with E-state index in [2.05, 4.69) is 21.2 Å². The van der Waals surface area contributed by atoms with Crippen molar-refractivity contribution in [2.45, 2.75) is 29.3 Å². The zero-order chi connectivity index (χ0) is 18.9. The average Bonchev–Trinajstić information content (AvgIpc) is 3.10. The fourth-order valence-corrected chi connectivity index (χ4v) is 4.60. The summed E-state index contributed by atoms with van der Waals surface area (Å²) in [6.45, 7) is 1.44. The van der Waals surface area contributed by atoms with E-state index in [1.807, 2.05) is 24.3 Å². The lowest BCUT2D eigenvalue weighted by molar-refractivity contribution is -0.137. The molecule has 0 spiro atoms. The van der Waals surface area contributed by atoms with Gasteiger partial charge in [0.05, 0.1) is 23.5 Å². The van der Waals surface area contributed by atoms with Gasteiger partial charge in [0.25, 0.3) is 0 Å². The van der Waals surface area contributed by atoms with Gasteiger partial charge in [0, 0.05) is 22.9 Å². The van der Waals surface area contributed by atoms with Crippen molar-refractivity contribution in [2.75, 3.05) is 11.4 Å². The first-order valence-electron chi connectivity index (χ1n) is 8.67. The van der Waals surface area contributed by atoms with E-state index >= 15 is 0 Å². The van der Waals surface area contributed by atoms with Crippen LogP contribution in [-0.2, 0) is 12.7 Å². The normalized spacial score (nSPS) is 17.4. The molecule has 1 aliphatic rings. The average molecular weight is 389 g/mol. The van der Waals surface area contributed by atoms with Gasteiger partial charge in [-0.3, -0.25) is 5.10 Å². The van der Waals surface area contributed by atoms with Gasteiger partial charge < -0.3 is 4.90 Å². The Balaban J connectivity index is 1.64. The molecule has 4 rings (SSSR count). The first-order valence-corrected chi connectivity index (χ1v) is 9.55. The summed E-state index contributed by atoms with van der Waals surface area (Å²) >= 11 is 1.63. The zero-order valence-corrected chi connectivity index (χ0v) is 15.2. The zero-order valence-electron chi connectivity index (χ0n) is 14.4. The fourth-order valence-electron chi connectivity index (χ4n) is 3.32. The number of alkyl halides is 3. The van der Waals surface area contributed by atoms with Crippen LogP contribution in [0.15, 0.2) is 65.7 Å². The van der Waals surface area contributed by atoms with Crippen LogP contribution < -0.4 is 4.90 Å². The van der Waals surface area contributed by atoms with E-state index in [1.54, 1.807) is 24.0 Å². The Morgan fingerprint density at radius 3 is 2.74 bits per heavy atom. The van der Waals surface area contributed by atoms with Crippen molar-refractivity contribution in [3.05, 3.63) is 77.6 Å². The van der Waals surface area contributed by atoms with Crippen molar-refractivity contribution in [3.8, 4) is 0 Å². The smallest absolute Gasteiger partial charge is 0.365 e. The predicted molar refractivity (Wildman–Crippen MR) is 101 cm³/mol. The topological polar surface area (TPSA) is 31.9 Å². The van der Waals surface area contributed by atoms with Gasteiger partial charge in [-0.1, -0.05) is 30.3 Å². The lowest BCUT2D eigenvalue weighted by Gasteiger charge is -2.23. The number of hydrogen-bond acceptors (Lipinski definition) is 3. The van der Waals surface area contributed by atoms with Gasteiger partial charge >= 0.3 is 6.18 Å². The van der Waals surface area contributed by atoms with E-state index < -0.39 is 11.7 Å². The van der Waals surface area contributed by atoms with Crippen LogP contribution in [0.3, 0.4) is 0 Å². The molecule has 0 amide bonds. The van der Waals surface area contributed by atoms with Crippen LogP contribution in [0.1, 0.15) is 28.5 Å². The highest BCUT2D eigenvalue weighted by molar-refractivity contribution is 7.99. The maximum atomic E-state index is 13.1. The number of benzene rings is 2. The van der Waals surface area contributed by atoms with E-state index in [0.717, 1.165) is 35.3 Å². The van der Waals surface area contributed by atoms with E-state index in [9.17, 15) is 13.2 Å². The SMILES string of the molecule is FC(F)(F)c1cccc(C2CCN(Cc3ccn[nH]3)c3ccccc3S2)c1. The van der Waals surface area contributed by atoms with Crippen LogP contribution in [-0.4, -0.2) is 16.7 Å². The molecule has 3 nitrogen and oxygen atoms in total. The van der Waals surface area contributed by atoms with Crippen LogP contribution >= 0.6 is 11.8 Å². The van der Waals surface area contributed by atoms with Gasteiger partial charge in [-0.25, -0.2) is 0 Å². The second-order valence-electron chi connectivity index (χ2n) is 6.49.